The third-order valence-corrected chi connectivity index (χ3v) is 3.39. The Kier molecular flexibility index (Phi) is 4.01. The second-order valence-corrected chi connectivity index (χ2v) is 5.09. The van der Waals surface area contributed by atoms with Crippen LogP contribution in [0.1, 0.15) is 5.56 Å². The zero-order valence-corrected chi connectivity index (χ0v) is 12.3. The highest BCUT2D eigenvalue weighted by molar-refractivity contribution is 5.89. The van der Waals surface area contributed by atoms with Crippen LogP contribution in [0, 0.1) is 11.6 Å². The Hall–Kier alpha value is -2.83. The Morgan fingerprint density at radius 3 is 2.74 bits per heavy atom. The molecule has 5 nitrogen and oxygen atoms in total. The highest BCUT2D eigenvalue weighted by Crippen LogP contribution is 2.34. The molecule has 0 bridgehead atoms. The van der Waals surface area contributed by atoms with Gasteiger partial charge in [-0.25, -0.2) is 13.6 Å². The Bertz CT molecular complexity index is 752. The molecule has 0 spiro atoms. The zero-order valence-electron chi connectivity index (χ0n) is 12.3. The molecule has 1 aliphatic rings. The Balaban J connectivity index is 1.65. The number of ether oxygens (including phenoxy) is 2. The molecule has 3 rings (SSSR count). The molecule has 23 heavy (non-hydrogen) atoms. The first-order valence-corrected chi connectivity index (χ1v) is 6.88. The number of rotatable bonds is 3. The van der Waals surface area contributed by atoms with Crippen molar-refractivity contribution in [3.8, 4) is 11.5 Å². The SMILES string of the molecule is CN(Cc1ccc(F)cc1F)C(=O)Nc1ccc2c(c1)OCO2. The van der Waals surface area contributed by atoms with Gasteiger partial charge in [-0.05, 0) is 18.2 Å². The maximum atomic E-state index is 13.6. The van der Waals surface area contributed by atoms with Crippen molar-refractivity contribution in [3.63, 3.8) is 0 Å². The number of benzene rings is 2. The number of hydrogen-bond donors (Lipinski definition) is 1. The average molecular weight is 320 g/mol. The van der Waals surface area contributed by atoms with E-state index in [1.54, 1.807) is 18.2 Å². The van der Waals surface area contributed by atoms with Crippen LogP contribution in [0.5, 0.6) is 11.5 Å². The second-order valence-electron chi connectivity index (χ2n) is 5.09. The third-order valence-electron chi connectivity index (χ3n) is 3.39. The van der Waals surface area contributed by atoms with E-state index in [2.05, 4.69) is 5.32 Å². The number of carbonyl (C=O) groups excluding carboxylic acids is 1. The largest absolute Gasteiger partial charge is 0.454 e. The van der Waals surface area contributed by atoms with Crippen LogP contribution in [0.2, 0.25) is 0 Å². The van der Waals surface area contributed by atoms with Gasteiger partial charge in [0.2, 0.25) is 6.79 Å². The summed E-state index contributed by atoms with van der Waals surface area (Å²) in [6.07, 6.45) is 0. The molecule has 1 N–H and O–H groups in total. The number of carbonyl (C=O) groups is 1. The van der Waals surface area contributed by atoms with Crippen molar-refractivity contribution < 1.29 is 23.0 Å². The maximum Gasteiger partial charge on any atom is 0.321 e. The van der Waals surface area contributed by atoms with Crippen molar-refractivity contribution in [2.45, 2.75) is 6.54 Å². The Labute approximate surface area is 131 Å². The van der Waals surface area contributed by atoms with Gasteiger partial charge in [0, 0.05) is 37.0 Å². The Morgan fingerprint density at radius 1 is 1.17 bits per heavy atom. The van der Waals surface area contributed by atoms with Gasteiger partial charge in [0.25, 0.3) is 0 Å². The van der Waals surface area contributed by atoms with Crippen LogP contribution in [-0.2, 0) is 6.54 Å². The molecule has 2 amide bonds. The third kappa shape index (κ3) is 3.33. The molecule has 0 fully saturated rings. The molecule has 0 aliphatic carbocycles. The average Bonchev–Trinajstić information content (AvgIpc) is 2.97. The molecule has 0 saturated heterocycles. The van der Waals surface area contributed by atoms with Gasteiger partial charge >= 0.3 is 6.03 Å². The molecule has 0 saturated carbocycles. The molecule has 0 aromatic heterocycles. The lowest BCUT2D eigenvalue weighted by molar-refractivity contribution is 0.174. The van der Waals surface area contributed by atoms with Crippen LogP contribution in [0.15, 0.2) is 36.4 Å². The molecular weight excluding hydrogens is 306 g/mol. The van der Waals surface area contributed by atoms with Crippen molar-refractivity contribution >= 4 is 11.7 Å². The fourth-order valence-corrected chi connectivity index (χ4v) is 2.17. The van der Waals surface area contributed by atoms with E-state index < -0.39 is 17.7 Å². The molecule has 2 aromatic carbocycles. The lowest BCUT2D eigenvalue weighted by atomic mass is 10.2. The molecule has 1 heterocycles. The predicted molar refractivity (Wildman–Crippen MR) is 79.4 cm³/mol. The fraction of sp³-hybridized carbons (Fsp3) is 0.188. The molecule has 0 unspecified atom stereocenters. The minimum atomic E-state index is -0.687. The van der Waals surface area contributed by atoms with Crippen LogP contribution in [-0.4, -0.2) is 24.8 Å². The minimum absolute atomic E-state index is 0.0164. The topological polar surface area (TPSA) is 50.8 Å². The molecule has 7 heteroatoms. The van der Waals surface area contributed by atoms with Gasteiger partial charge in [0.05, 0.1) is 0 Å². The summed E-state index contributed by atoms with van der Waals surface area (Å²) in [5, 5.41) is 2.68. The molecule has 2 aromatic rings. The van der Waals surface area contributed by atoms with E-state index in [1.807, 2.05) is 0 Å². The molecule has 120 valence electrons. The van der Waals surface area contributed by atoms with Crippen molar-refractivity contribution in [1.29, 1.82) is 0 Å². The predicted octanol–water partition coefficient (Wildman–Crippen LogP) is 3.36. The Morgan fingerprint density at radius 2 is 1.96 bits per heavy atom. The number of amides is 2. The van der Waals surface area contributed by atoms with Crippen molar-refractivity contribution in [2.24, 2.45) is 0 Å². The van der Waals surface area contributed by atoms with Crippen molar-refractivity contribution in [3.05, 3.63) is 53.6 Å². The van der Waals surface area contributed by atoms with E-state index in [4.69, 9.17) is 9.47 Å². The van der Waals surface area contributed by atoms with Crippen LogP contribution in [0.3, 0.4) is 0 Å². The summed E-state index contributed by atoms with van der Waals surface area (Å²) in [7, 11) is 1.52. The highest BCUT2D eigenvalue weighted by Gasteiger charge is 2.16. The number of nitrogens with one attached hydrogen (secondary N) is 1. The first kappa shape index (κ1) is 15.1. The van der Waals surface area contributed by atoms with Crippen LogP contribution in [0.4, 0.5) is 19.3 Å². The van der Waals surface area contributed by atoms with Crippen LogP contribution < -0.4 is 14.8 Å². The molecule has 0 radical (unpaired) electrons. The number of anilines is 1. The van der Waals surface area contributed by atoms with E-state index in [0.717, 1.165) is 12.1 Å². The van der Waals surface area contributed by atoms with Crippen LogP contribution >= 0.6 is 0 Å². The van der Waals surface area contributed by atoms with E-state index in [1.165, 1.54) is 18.0 Å². The monoisotopic (exact) mass is 320 g/mol. The summed E-state index contributed by atoms with van der Waals surface area (Å²) in [5.74, 6) is -0.175. The molecule has 1 aliphatic heterocycles. The number of halogens is 2. The van der Waals surface area contributed by atoms with Crippen molar-refractivity contribution in [2.75, 3.05) is 19.2 Å². The van der Waals surface area contributed by atoms with E-state index in [9.17, 15) is 13.6 Å². The number of urea groups is 1. The van der Waals surface area contributed by atoms with E-state index >= 15 is 0 Å². The van der Waals surface area contributed by atoms with Gasteiger partial charge in [-0.2, -0.15) is 0 Å². The zero-order chi connectivity index (χ0) is 16.4. The van der Waals surface area contributed by atoms with Gasteiger partial charge in [0.1, 0.15) is 11.6 Å². The van der Waals surface area contributed by atoms with Gasteiger partial charge in [-0.3, -0.25) is 0 Å². The minimum Gasteiger partial charge on any atom is -0.454 e. The number of nitrogens with zero attached hydrogens (tertiary/aromatic N) is 1. The summed E-state index contributed by atoms with van der Waals surface area (Å²) in [6, 6.07) is 7.85. The number of hydrogen-bond acceptors (Lipinski definition) is 3. The lowest BCUT2D eigenvalue weighted by Crippen LogP contribution is -2.31. The first-order chi connectivity index (χ1) is 11.0. The lowest BCUT2D eigenvalue weighted by Gasteiger charge is -2.18. The molecule has 0 atom stereocenters. The van der Waals surface area contributed by atoms with E-state index in [0.29, 0.717) is 17.2 Å². The summed E-state index contributed by atoms with van der Waals surface area (Å²) in [5.41, 5.74) is 0.764. The van der Waals surface area contributed by atoms with Gasteiger partial charge in [0.15, 0.2) is 11.5 Å². The normalized spacial score (nSPS) is 12.1. The van der Waals surface area contributed by atoms with Gasteiger partial charge in [-0.1, -0.05) is 6.07 Å². The summed E-state index contributed by atoms with van der Waals surface area (Å²) < 4.78 is 36.9. The fourth-order valence-electron chi connectivity index (χ4n) is 2.17. The maximum absolute atomic E-state index is 13.6. The standard InChI is InChI=1S/C16H14F2N2O3/c1-20(8-10-2-3-11(17)6-13(10)18)16(21)19-12-4-5-14-15(7-12)23-9-22-14/h2-7H,8-9H2,1H3,(H,19,21). The second kappa shape index (κ2) is 6.12. The van der Waals surface area contributed by atoms with Crippen molar-refractivity contribution in [1.82, 2.24) is 4.90 Å². The molecular formula is C16H14F2N2O3. The van der Waals surface area contributed by atoms with Crippen LogP contribution in [0.25, 0.3) is 0 Å². The summed E-state index contributed by atoms with van der Waals surface area (Å²) in [4.78, 5) is 13.4. The summed E-state index contributed by atoms with van der Waals surface area (Å²) in [6.45, 7) is 0.166. The van der Waals surface area contributed by atoms with Gasteiger partial charge < -0.3 is 19.7 Å². The quantitative estimate of drug-likeness (QED) is 0.943. The number of fused-ring (bicyclic) bond motifs is 1. The summed E-state index contributed by atoms with van der Waals surface area (Å²) >= 11 is 0. The smallest absolute Gasteiger partial charge is 0.321 e. The highest BCUT2D eigenvalue weighted by atomic mass is 19.1. The first-order valence-electron chi connectivity index (χ1n) is 6.88. The van der Waals surface area contributed by atoms with Gasteiger partial charge in [-0.15, -0.1) is 0 Å². The van der Waals surface area contributed by atoms with E-state index in [-0.39, 0.29) is 18.9 Å².